The van der Waals surface area contributed by atoms with E-state index in [1.54, 1.807) is 12.1 Å². The molecule has 20 heavy (non-hydrogen) atoms. The zero-order chi connectivity index (χ0) is 14.8. The van der Waals surface area contributed by atoms with Crippen molar-refractivity contribution in [2.75, 3.05) is 13.1 Å². The minimum absolute atomic E-state index is 0.0201. The van der Waals surface area contributed by atoms with E-state index in [4.69, 9.17) is 5.26 Å². The quantitative estimate of drug-likeness (QED) is 0.846. The molecule has 1 aliphatic heterocycles. The molecular weight excluding hydrogens is 276 g/mol. The average molecular weight is 292 g/mol. The molecule has 5 nitrogen and oxygen atoms in total. The van der Waals surface area contributed by atoms with Gasteiger partial charge in [-0.1, -0.05) is 19.1 Å². The second kappa shape index (κ2) is 5.73. The fourth-order valence-electron chi connectivity index (χ4n) is 2.38. The largest absolute Gasteiger partial charge is 0.299 e. The van der Waals surface area contributed by atoms with E-state index in [1.165, 1.54) is 16.4 Å². The monoisotopic (exact) mass is 292 g/mol. The van der Waals surface area contributed by atoms with E-state index in [-0.39, 0.29) is 41.7 Å². The number of carbonyl (C=O) groups is 1. The molecule has 2 rings (SSSR count). The first-order valence-corrected chi connectivity index (χ1v) is 7.96. The lowest BCUT2D eigenvalue weighted by molar-refractivity contribution is -0.125. The molecule has 0 N–H and O–H groups in total. The van der Waals surface area contributed by atoms with Crippen molar-refractivity contribution in [1.82, 2.24) is 4.31 Å². The van der Waals surface area contributed by atoms with Gasteiger partial charge in [-0.3, -0.25) is 4.79 Å². The number of hydrogen-bond donors (Lipinski definition) is 0. The Morgan fingerprint density at radius 1 is 1.40 bits per heavy atom. The SMILES string of the molecule is CCC1CN(S(=O)(=O)c2ccccc2C#N)CCC1=O. The Balaban J connectivity index is 2.36. The maximum absolute atomic E-state index is 12.6. The molecule has 1 unspecified atom stereocenters. The number of rotatable bonds is 3. The number of piperidine rings is 1. The van der Waals surface area contributed by atoms with E-state index in [1.807, 2.05) is 13.0 Å². The summed E-state index contributed by atoms with van der Waals surface area (Å²) in [5, 5.41) is 9.03. The molecule has 1 aliphatic rings. The van der Waals surface area contributed by atoms with Crippen LogP contribution in [-0.2, 0) is 14.8 Å². The van der Waals surface area contributed by atoms with E-state index >= 15 is 0 Å². The molecule has 106 valence electrons. The first-order chi connectivity index (χ1) is 9.50. The fraction of sp³-hybridized carbons (Fsp3) is 0.429. The standard InChI is InChI=1S/C14H16N2O3S/c1-2-11-10-16(8-7-13(11)17)20(18,19)14-6-4-3-5-12(14)9-15/h3-6,11H,2,7-8,10H2,1H3. The number of benzene rings is 1. The number of nitriles is 1. The molecule has 0 radical (unpaired) electrons. The van der Waals surface area contributed by atoms with Crippen molar-refractivity contribution in [3.05, 3.63) is 29.8 Å². The highest BCUT2D eigenvalue weighted by Crippen LogP contribution is 2.25. The first kappa shape index (κ1) is 14.7. The van der Waals surface area contributed by atoms with E-state index < -0.39 is 10.0 Å². The third kappa shape index (κ3) is 2.60. The normalized spacial score (nSPS) is 20.6. The fourth-order valence-corrected chi connectivity index (χ4v) is 4.00. The van der Waals surface area contributed by atoms with Crippen molar-refractivity contribution in [1.29, 1.82) is 5.26 Å². The van der Waals surface area contributed by atoms with Gasteiger partial charge in [-0.05, 0) is 18.6 Å². The van der Waals surface area contributed by atoms with Crippen LogP contribution >= 0.6 is 0 Å². The Bertz CT molecular complexity index is 661. The van der Waals surface area contributed by atoms with Crippen LogP contribution in [0.2, 0.25) is 0 Å². The second-order valence-corrected chi connectivity index (χ2v) is 6.70. The lowest BCUT2D eigenvalue weighted by Gasteiger charge is -2.30. The van der Waals surface area contributed by atoms with Gasteiger partial charge in [-0.15, -0.1) is 0 Å². The summed E-state index contributed by atoms with van der Waals surface area (Å²) in [5.74, 6) is -0.125. The Kier molecular flexibility index (Phi) is 4.21. The molecule has 0 saturated carbocycles. The molecule has 0 amide bonds. The number of Topliss-reactive ketones (excluding diaryl/α,β-unsaturated/α-hetero) is 1. The molecule has 1 fully saturated rings. The molecular formula is C14H16N2O3S. The number of sulfonamides is 1. The second-order valence-electron chi connectivity index (χ2n) is 4.79. The Hall–Kier alpha value is -1.71. The highest BCUT2D eigenvalue weighted by atomic mass is 32.2. The number of nitrogens with zero attached hydrogens (tertiary/aromatic N) is 2. The molecule has 1 saturated heterocycles. The molecule has 1 aromatic rings. The van der Waals surface area contributed by atoms with Gasteiger partial charge in [0.05, 0.1) is 10.5 Å². The summed E-state index contributed by atoms with van der Waals surface area (Å²) in [6, 6.07) is 8.05. The van der Waals surface area contributed by atoms with Gasteiger partial charge in [0.2, 0.25) is 10.0 Å². The summed E-state index contributed by atoms with van der Waals surface area (Å²) in [4.78, 5) is 11.7. The topological polar surface area (TPSA) is 78.2 Å². The zero-order valence-electron chi connectivity index (χ0n) is 11.2. The minimum atomic E-state index is -3.71. The van der Waals surface area contributed by atoms with Crippen LogP contribution < -0.4 is 0 Å². The predicted molar refractivity (Wildman–Crippen MR) is 73.3 cm³/mol. The van der Waals surface area contributed by atoms with Gasteiger partial charge in [0.1, 0.15) is 11.9 Å². The molecule has 1 aromatic carbocycles. The highest BCUT2D eigenvalue weighted by Gasteiger charge is 2.34. The van der Waals surface area contributed by atoms with Gasteiger partial charge in [0.25, 0.3) is 0 Å². The number of carbonyl (C=O) groups excluding carboxylic acids is 1. The van der Waals surface area contributed by atoms with Gasteiger partial charge in [0.15, 0.2) is 0 Å². The van der Waals surface area contributed by atoms with Crippen molar-refractivity contribution in [2.45, 2.75) is 24.7 Å². The maximum Gasteiger partial charge on any atom is 0.244 e. The van der Waals surface area contributed by atoms with Crippen LogP contribution in [0.4, 0.5) is 0 Å². The summed E-state index contributed by atoms with van der Waals surface area (Å²) < 4.78 is 26.5. The van der Waals surface area contributed by atoms with Crippen LogP contribution in [0.5, 0.6) is 0 Å². The maximum atomic E-state index is 12.6. The smallest absolute Gasteiger partial charge is 0.244 e. The van der Waals surface area contributed by atoms with Gasteiger partial charge in [0, 0.05) is 25.4 Å². The third-order valence-corrected chi connectivity index (χ3v) is 5.53. The molecule has 0 aliphatic carbocycles. The summed E-state index contributed by atoms with van der Waals surface area (Å²) in [5.41, 5.74) is 0.137. The molecule has 0 spiro atoms. The van der Waals surface area contributed by atoms with E-state index in [9.17, 15) is 13.2 Å². The minimum Gasteiger partial charge on any atom is -0.299 e. The number of ketones is 1. The lowest BCUT2D eigenvalue weighted by atomic mass is 9.96. The van der Waals surface area contributed by atoms with Crippen LogP contribution in [0.15, 0.2) is 29.2 Å². The average Bonchev–Trinajstić information content (AvgIpc) is 2.47. The van der Waals surface area contributed by atoms with Crippen LogP contribution in [-0.4, -0.2) is 31.6 Å². The molecule has 1 atom stereocenters. The Morgan fingerprint density at radius 2 is 2.10 bits per heavy atom. The van der Waals surface area contributed by atoms with E-state index in [0.717, 1.165) is 0 Å². The third-order valence-electron chi connectivity index (χ3n) is 3.61. The summed E-state index contributed by atoms with van der Waals surface area (Å²) in [6.45, 7) is 2.27. The summed E-state index contributed by atoms with van der Waals surface area (Å²) >= 11 is 0. The van der Waals surface area contributed by atoms with E-state index in [2.05, 4.69) is 0 Å². The Morgan fingerprint density at radius 3 is 2.75 bits per heavy atom. The van der Waals surface area contributed by atoms with E-state index in [0.29, 0.717) is 6.42 Å². The van der Waals surface area contributed by atoms with Crippen molar-refractivity contribution >= 4 is 15.8 Å². The zero-order valence-corrected chi connectivity index (χ0v) is 12.1. The van der Waals surface area contributed by atoms with Gasteiger partial charge in [-0.2, -0.15) is 9.57 Å². The number of hydrogen-bond acceptors (Lipinski definition) is 4. The summed E-state index contributed by atoms with van der Waals surface area (Å²) in [6.07, 6.45) is 0.872. The van der Waals surface area contributed by atoms with Gasteiger partial charge < -0.3 is 0 Å². The molecule has 0 aromatic heterocycles. The summed E-state index contributed by atoms with van der Waals surface area (Å²) in [7, 11) is -3.71. The van der Waals surface area contributed by atoms with Gasteiger partial charge in [-0.25, -0.2) is 8.42 Å². The molecule has 1 heterocycles. The highest BCUT2D eigenvalue weighted by molar-refractivity contribution is 7.89. The first-order valence-electron chi connectivity index (χ1n) is 6.52. The molecule has 0 bridgehead atoms. The van der Waals surface area contributed by atoms with Crippen molar-refractivity contribution < 1.29 is 13.2 Å². The van der Waals surface area contributed by atoms with Crippen molar-refractivity contribution in [3.63, 3.8) is 0 Å². The van der Waals surface area contributed by atoms with Crippen LogP contribution in [0.3, 0.4) is 0 Å². The van der Waals surface area contributed by atoms with Crippen LogP contribution in [0, 0.1) is 17.2 Å². The Labute approximate surface area is 118 Å². The van der Waals surface area contributed by atoms with Gasteiger partial charge >= 0.3 is 0 Å². The lowest BCUT2D eigenvalue weighted by Crippen LogP contribution is -2.44. The van der Waals surface area contributed by atoms with Crippen molar-refractivity contribution in [3.8, 4) is 6.07 Å². The van der Waals surface area contributed by atoms with Crippen LogP contribution in [0.1, 0.15) is 25.3 Å². The van der Waals surface area contributed by atoms with Crippen LogP contribution in [0.25, 0.3) is 0 Å². The van der Waals surface area contributed by atoms with Crippen molar-refractivity contribution in [2.24, 2.45) is 5.92 Å². The molecule has 6 heteroatoms. The predicted octanol–water partition coefficient (Wildman–Crippen LogP) is 1.55.